The van der Waals surface area contributed by atoms with Gasteiger partial charge in [0.2, 0.25) is 0 Å². The van der Waals surface area contributed by atoms with Crippen molar-refractivity contribution in [3.63, 3.8) is 0 Å². The molecule has 1 amide bonds. The van der Waals surface area contributed by atoms with Gasteiger partial charge in [0, 0.05) is 16.8 Å². The lowest BCUT2D eigenvalue weighted by Gasteiger charge is -2.11. The minimum Gasteiger partial charge on any atom is -0.497 e. The molecule has 24 heavy (non-hydrogen) atoms. The maximum absolute atomic E-state index is 12.4. The van der Waals surface area contributed by atoms with E-state index in [1.54, 1.807) is 36.8 Å². The SMILES string of the molecule is COc1ccc(Nc2ncccc2C(=O)NCc2cccs2)cc1. The van der Waals surface area contributed by atoms with Crippen LogP contribution in [0.15, 0.2) is 60.1 Å². The number of nitrogens with one attached hydrogen (secondary N) is 2. The van der Waals surface area contributed by atoms with Crippen molar-refractivity contribution in [3.05, 3.63) is 70.5 Å². The van der Waals surface area contributed by atoms with Crippen LogP contribution in [0.25, 0.3) is 0 Å². The predicted octanol–water partition coefficient (Wildman–Crippen LogP) is 3.83. The van der Waals surface area contributed by atoms with Crippen LogP contribution in [-0.4, -0.2) is 18.0 Å². The highest BCUT2D eigenvalue weighted by Gasteiger charge is 2.12. The second-order valence-electron chi connectivity index (χ2n) is 5.02. The van der Waals surface area contributed by atoms with Crippen LogP contribution in [0.5, 0.6) is 5.75 Å². The summed E-state index contributed by atoms with van der Waals surface area (Å²) in [7, 11) is 1.62. The summed E-state index contributed by atoms with van der Waals surface area (Å²) in [5.74, 6) is 1.13. The molecule has 3 aromatic rings. The summed E-state index contributed by atoms with van der Waals surface area (Å²) in [6.45, 7) is 0.507. The van der Waals surface area contributed by atoms with Crippen molar-refractivity contribution < 1.29 is 9.53 Å². The van der Waals surface area contributed by atoms with Gasteiger partial charge in [-0.25, -0.2) is 4.98 Å². The monoisotopic (exact) mass is 339 g/mol. The molecule has 0 bridgehead atoms. The van der Waals surface area contributed by atoms with Gasteiger partial charge in [-0.15, -0.1) is 11.3 Å². The number of benzene rings is 1. The fourth-order valence-corrected chi connectivity index (χ4v) is 2.82. The van der Waals surface area contributed by atoms with E-state index in [9.17, 15) is 4.79 Å². The van der Waals surface area contributed by atoms with Crippen LogP contribution in [0.3, 0.4) is 0 Å². The summed E-state index contributed by atoms with van der Waals surface area (Å²) in [6, 6.07) is 14.9. The second kappa shape index (κ2) is 7.61. The number of hydrogen-bond acceptors (Lipinski definition) is 5. The van der Waals surface area contributed by atoms with Gasteiger partial charge in [-0.3, -0.25) is 4.79 Å². The van der Waals surface area contributed by atoms with Gasteiger partial charge in [0.25, 0.3) is 5.91 Å². The number of amides is 1. The molecule has 2 heterocycles. The predicted molar refractivity (Wildman–Crippen MR) is 96.0 cm³/mol. The maximum atomic E-state index is 12.4. The molecule has 0 fully saturated rings. The van der Waals surface area contributed by atoms with Gasteiger partial charge in [0.15, 0.2) is 0 Å². The summed E-state index contributed by atoms with van der Waals surface area (Å²) in [6.07, 6.45) is 1.65. The van der Waals surface area contributed by atoms with Crippen LogP contribution in [0, 0.1) is 0 Å². The van der Waals surface area contributed by atoms with Crippen molar-refractivity contribution in [3.8, 4) is 5.75 Å². The summed E-state index contributed by atoms with van der Waals surface area (Å²) >= 11 is 1.61. The molecule has 0 saturated heterocycles. The first-order valence-corrected chi connectivity index (χ1v) is 8.31. The zero-order valence-electron chi connectivity index (χ0n) is 13.2. The number of methoxy groups -OCH3 is 1. The van der Waals surface area contributed by atoms with E-state index in [2.05, 4.69) is 15.6 Å². The highest BCUT2D eigenvalue weighted by molar-refractivity contribution is 7.09. The Morgan fingerprint density at radius 2 is 2.00 bits per heavy atom. The Balaban J connectivity index is 1.72. The van der Waals surface area contributed by atoms with Gasteiger partial charge in [0.1, 0.15) is 11.6 Å². The molecule has 0 atom stereocenters. The molecule has 2 aromatic heterocycles. The molecule has 5 nitrogen and oxygen atoms in total. The van der Waals surface area contributed by atoms with Gasteiger partial charge in [-0.2, -0.15) is 0 Å². The molecule has 0 saturated carbocycles. The van der Waals surface area contributed by atoms with Gasteiger partial charge in [-0.05, 0) is 47.8 Å². The Labute approximate surface area is 144 Å². The van der Waals surface area contributed by atoms with E-state index < -0.39 is 0 Å². The number of thiophene rings is 1. The van der Waals surface area contributed by atoms with E-state index in [4.69, 9.17) is 4.74 Å². The van der Waals surface area contributed by atoms with E-state index in [-0.39, 0.29) is 5.91 Å². The first-order chi connectivity index (χ1) is 11.8. The average molecular weight is 339 g/mol. The standard InChI is InChI=1S/C18H17N3O2S/c1-23-14-8-6-13(7-9-14)21-17-16(5-2-10-19-17)18(22)20-12-15-4-3-11-24-15/h2-11H,12H2,1H3,(H,19,21)(H,20,22). The van der Waals surface area contributed by atoms with Gasteiger partial charge >= 0.3 is 0 Å². The van der Waals surface area contributed by atoms with E-state index in [0.29, 0.717) is 17.9 Å². The normalized spacial score (nSPS) is 10.2. The van der Waals surface area contributed by atoms with Crippen LogP contribution >= 0.6 is 11.3 Å². The van der Waals surface area contributed by atoms with Crippen LogP contribution in [0.1, 0.15) is 15.2 Å². The smallest absolute Gasteiger partial charge is 0.255 e. The first-order valence-electron chi connectivity index (χ1n) is 7.43. The Hall–Kier alpha value is -2.86. The molecule has 0 radical (unpaired) electrons. The molecule has 0 spiro atoms. The number of carbonyl (C=O) groups is 1. The number of rotatable bonds is 6. The van der Waals surface area contributed by atoms with Gasteiger partial charge < -0.3 is 15.4 Å². The van der Waals surface area contributed by atoms with Crippen molar-refractivity contribution in [2.24, 2.45) is 0 Å². The van der Waals surface area contributed by atoms with Crippen LogP contribution < -0.4 is 15.4 Å². The molecule has 0 unspecified atom stereocenters. The Morgan fingerprint density at radius 3 is 2.71 bits per heavy atom. The van der Waals surface area contributed by atoms with Gasteiger partial charge in [0.05, 0.1) is 19.2 Å². The van der Waals surface area contributed by atoms with E-state index in [1.165, 1.54) is 0 Å². The Morgan fingerprint density at radius 1 is 1.17 bits per heavy atom. The Kier molecular flexibility index (Phi) is 5.08. The molecular formula is C18H17N3O2S. The number of aromatic nitrogens is 1. The van der Waals surface area contributed by atoms with E-state index in [0.717, 1.165) is 16.3 Å². The zero-order valence-corrected chi connectivity index (χ0v) is 14.0. The number of nitrogens with zero attached hydrogens (tertiary/aromatic N) is 1. The third-order valence-electron chi connectivity index (χ3n) is 3.41. The fraction of sp³-hybridized carbons (Fsp3) is 0.111. The van der Waals surface area contributed by atoms with Gasteiger partial charge in [-0.1, -0.05) is 6.07 Å². The van der Waals surface area contributed by atoms with Crippen molar-refractivity contribution in [1.82, 2.24) is 10.3 Å². The lowest BCUT2D eigenvalue weighted by atomic mass is 10.2. The summed E-state index contributed by atoms with van der Waals surface area (Å²) in [5.41, 5.74) is 1.34. The second-order valence-corrected chi connectivity index (χ2v) is 6.05. The van der Waals surface area contributed by atoms with Crippen LogP contribution in [0.2, 0.25) is 0 Å². The van der Waals surface area contributed by atoms with Crippen molar-refractivity contribution in [2.45, 2.75) is 6.54 Å². The Bertz CT molecular complexity index is 801. The molecule has 0 aliphatic rings. The highest BCUT2D eigenvalue weighted by Crippen LogP contribution is 2.21. The number of pyridine rings is 1. The van der Waals surface area contributed by atoms with E-state index in [1.807, 2.05) is 41.8 Å². The lowest BCUT2D eigenvalue weighted by Crippen LogP contribution is -2.23. The third kappa shape index (κ3) is 3.91. The molecule has 0 aliphatic heterocycles. The molecule has 2 N–H and O–H groups in total. The number of carbonyl (C=O) groups excluding carboxylic acids is 1. The molecule has 3 rings (SSSR count). The topological polar surface area (TPSA) is 63.2 Å². The third-order valence-corrected chi connectivity index (χ3v) is 4.28. The number of anilines is 2. The largest absolute Gasteiger partial charge is 0.497 e. The van der Waals surface area contributed by atoms with E-state index >= 15 is 0 Å². The maximum Gasteiger partial charge on any atom is 0.255 e. The molecule has 0 aliphatic carbocycles. The van der Waals surface area contributed by atoms with Crippen molar-refractivity contribution in [2.75, 3.05) is 12.4 Å². The minimum atomic E-state index is -0.160. The summed E-state index contributed by atoms with van der Waals surface area (Å²) < 4.78 is 5.14. The zero-order chi connectivity index (χ0) is 16.8. The highest BCUT2D eigenvalue weighted by atomic mass is 32.1. The van der Waals surface area contributed by atoms with Crippen LogP contribution in [-0.2, 0) is 6.54 Å². The van der Waals surface area contributed by atoms with Crippen molar-refractivity contribution in [1.29, 1.82) is 0 Å². The summed E-state index contributed by atoms with van der Waals surface area (Å²) in [5, 5.41) is 8.08. The lowest BCUT2D eigenvalue weighted by molar-refractivity contribution is 0.0952. The summed E-state index contributed by atoms with van der Waals surface area (Å²) in [4.78, 5) is 17.8. The first kappa shape index (κ1) is 16.0. The average Bonchev–Trinajstić information content (AvgIpc) is 3.14. The van der Waals surface area contributed by atoms with Crippen molar-refractivity contribution >= 4 is 28.7 Å². The number of ether oxygens (including phenoxy) is 1. The quantitative estimate of drug-likeness (QED) is 0.716. The number of hydrogen-bond donors (Lipinski definition) is 2. The molecule has 122 valence electrons. The fourth-order valence-electron chi connectivity index (χ4n) is 2.17. The molecule has 6 heteroatoms. The molecule has 1 aromatic carbocycles. The van der Waals surface area contributed by atoms with Crippen LogP contribution in [0.4, 0.5) is 11.5 Å². The molecular weight excluding hydrogens is 322 g/mol. The minimum absolute atomic E-state index is 0.160.